The van der Waals surface area contributed by atoms with Gasteiger partial charge in [-0.15, -0.1) is 0 Å². The maximum absolute atomic E-state index is 12.2. The smallest absolute Gasteiger partial charge is 0.303 e. The third-order valence-corrected chi connectivity index (χ3v) is 4.78. The van der Waals surface area contributed by atoms with Crippen LogP contribution in [0, 0.1) is 11.8 Å². The number of carbonyl (C=O) groups excluding carboxylic acids is 1. The van der Waals surface area contributed by atoms with E-state index in [2.05, 4.69) is 0 Å². The second-order valence-electron chi connectivity index (χ2n) is 7.00. The minimum absolute atomic E-state index is 0.0378. The summed E-state index contributed by atoms with van der Waals surface area (Å²) in [5, 5.41) is 28.9. The van der Waals surface area contributed by atoms with Gasteiger partial charge in [0.25, 0.3) is 0 Å². The molecule has 6 nitrogen and oxygen atoms in total. The number of unbranched alkanes of at least 4 members (excludes halogenated alkanes) is 1. The molecular weight excluding hydrogens is 360 g/mol. The number of para-hydroxylation sites is 1. The van der Waals surface area contributed by atoms with Crippen LogP contribution in [0.25, 0.3) is 0 Å². The number of aliphatic hydroxyl groups is 2. The lowest BCUT2D eigenvalue weighted by Gasteiger charge is -2.17. The van der Waals surface area contributed by atoms with Crippen molar-refractivity contribution in [3.63, 3.8) is 0 Å². The highest BCUT2D eigenvalue weighted by Crippen LogP contribution is 2.33. The fourth-order valence-corrected chi connectivity index (χ4v) is 3.27. The molecule has 0 aromatic heterocycles. The summed E-state index contributed by atoms with van der Waals surface area (Å²) in [6.45, 7) is 0.0815. The maximum atomic E-state index is 12.2. The molecule has 4 atom stereocenters. The van der Waals surface area contributed by atoms with E-state index >= 15 is 0 Å². The number of ketones is 1. The molecule has 1 aromatic carbocycles. The molecule has 6 heteroatoms. The normalized spacial score (nSPS) is 23.5. The van der Waals surface area contributed by atoms with Crippen molar-refractivity contribution in [2.45, 2.75) is 44.3 Å². The Morgan fingerprint density at radius 2 is 2.00 bits per heavy atom. The summed E-state index contributed by atoms with van der Waals surface area (Å²) in [7, 11) is 0. The van der Waals surface area contributed by atoms with Crippen molar-refractivity contribution in [2.24, 2.45) is 11.8 Å². The summed E-state index contributed by atoms with van der Waals surface area (Å²) in [4.78, 5) is 22.7. The van der Waals surface area contributed by atoms with Gasteiger partial charge >= 0.3 is 5.97 Å². The molecule has 0 amide bonds. The molecule has 0 bridgehead atoms. The predicted octanol–water partition coefficient (Wildman–Crippen LogP) is 2.75. The molecule has 0 unspecified atom stereocenters. The third-order valence-electron chi connectivity index (χ3n) is 4.78. The Hall–Kier alpha value is -2.44. The van der Waals surface area contributed by atoms with E-state index in [0.717, 1.165) is 0 Å². The van der Waals surface area contributed by atoms with Gasteiger partial charge in [0.1, 0.15) is 24.2 Å². The standard InChI is InChI=1S/C22H28O6/c23-16(15-28-17-8-4-3-5-9-17)12-13-19-18(20(24)14-21(19)25)10-6-1-2-7-11-22(26)27/h1,3-6,8-9,12-13,16,18-20,23-24H,2,7,10-11,14-15H2,(H,26,27)/b6-1-,13-12+/t16-,18-,19-,20+/m1/s1. The molecule has 0 spiro atoms. The van der Waals surface area contributed by atoms with E-state index in [1.54, 1.807) is 24.3 Å². The molecule has 1 aromatic rings. The SMILES string of the molecule is O=C(O)CCC/C=C\C[C@H]1[C@@H](O)CC(=O)[C@@H]1/C=C/[C@@H](O)COc1ccccc1. The molecule has 0 saturated heterocycles. The van der Waals surface area contributed by atoms with Crippen LogP contribution in [0.2, 0.25) is 0 Å². The molecule has 0 heterocycles. The summed E-state index contributed by atoms with van der Waals surface area (Å²) in [6, 6.07) is 9.16. The average molecular weight is 388 g/mol. The number of carboxylic acid groups (broad SMARTS) is 1. The van der Waals surface area contributed by atoms with Crippen molar-refractivity contribution in [2.75, 3.05) is 6.61 Å². The van der Waals surface area contributed by atoms with Gasteiger partial charge in [-0.05, 0) is 31.4 Å². The van der Waals surface area contributed by atoms with E-state index in [0.29, 0.717) is 25.0 Å². The summed E-state index contributed by atoms with van der Waals surface area (Å²) in [6.07, 6.45) is 7.44. The molecule has 1 aliphatic carbocycles. The number of rotatable bonds is 11. The molecule has 3 N–H and O–H groups in total. The first-order valence-corrected chi connectivity index (χ1v) is 9.59. The fraction of sp³-hybridized carbons (Fsp3) is 0.455. The molecule has 0 aliphatic heterocycles. The van der Waals surface area contributed by atoms with Crippen LogP contribution in [-0.2, 0) is 9.59 Å². The van der Waals surface area contributed by atoms with Crippen LogP contribution in [-0.4, -0.2) is 45.9 Å². The van der Waals surface area contributed by atoms with Crippen LogP contribution in [0.1, 0.15) is 32.1 Å². The molecular formula is C22H28O6. The minimum atomic E-state index is -0.849. The molecule has 1 saturated carbocycles. The summed E-state index contributed by atoms with van der Waals surface area (Å²) >= 11 is 0. The number of hydrogen-bond acceptors (Lipinski definition) is 5. The second kappa shape index (κ2) is 11.4. The van der Waals surface area contributed by atoms with Crippen molar-refractivity contribution < 1.29 is 29.6 Å². The van der Waals surface area contributed by atoms with Crippen molar-refractivity contribution >= 4 is 11.8 Å². The van der Waals surface area contributed by atoms with Crippen molar-refractivity contribution in [3.05, 3.63) is 54.6 Å². The van der Waals surface area contributed by atoms with Crippen LogP contribution in [0.15, 0.2) is 54.6 Å². The lowest BCUT2D eigenvalue weighted by atomic mass is 9.90. The van der Waals surface area contributed by atoms with Gasteiger partial charge in [-0.2, -0.15) is 0 Å². The topological polar surface area (TPSA) is 104 Å². The minimum Gasteiger partial charge on any atom is -0.491 e. The number of Topliss-reactive ketones (excluding diaryl/α,β-unsaturated/α-hetero) is 1. The molecule has 1 aliphatic rings. The Bertz CT molecular complexity index is 682. The van der Waals surface area contributed by atoms with Gasteiger partial charge in [-0.3, -0.25) is 9.59 Å². The Labute approximate surface area is 165 Å². The van der Waals surface area contributed by atoms with Gasteiger partial charge in [-0.1, -0.05) is 42.5 Å². The summed E-state index contributed by atoms with van der Waals surface area (Å²) < 4.78 is 5.49. The second-order valence-corrected chi connectivity index (χ2v) is 7.00. The fourth-order valence-electron chi connectivity index (χ4n) is 3.27. The highest BCUT2D eigenvalue weighted by atomic mass is 16.5. The summed E-state index contributed by atoms with van der Waals surface area (Å²) in [5.41, 5.74) is 0. The number of allylic oxidation sites excluding steroid dienone is 3. The van der Waals surface area contributed by atoms with E-state index in [4.69, 9.17) is 9.84 Å². The zero-order valence-corrected chi connectivity index (χ0v) is 15.8. The predicted molar refractivity (Wildman–Crippen MR) is 105 cm³/mol. The van der Waals surface area contributed by atoms with Gasteiger partial charge < -0.3 is 20.1 Å². The van der Waals surface area contributed by atoms with Crippen molar-refractivity contribution in [1.29, 1.82) is 0 Å². The number of ether oxygens (including phenoxy) is 1. The molecule has 0 radical (unpaired) electrons. The van der Waals surface area contributed by atoms with Crippen LogP contribution in [0.5, 0.6) is 5.75 Å². The first-order valence-electron chi connectivity index (χ1n) is 9.59. The van der Waals surface area contributed by atoms with E-state index in [9.17, 15) is 19.8 Å². The van der Waals surface area contributed by atoms with Crippen molar-refractivity contribution in [1.82, 2.24) is 0 Å². The number of benzene rings is 1. The average Bonchev–Trinajstić information content (AvgIpc) is 2.94. The number of aliphatic hydroxyl groups excluding tert-OH is 2. The maximum Gasteiger partial charge on any atom is 0.303 e. The molecule has 152 valence electrons. The highest BCUT2D eigenvalue weighted by molar-refractivity contribution is 5.86. The third kappa shape index (κ3) is 7.29. The Morgan fingerprint density at radius 3 is 2.71 bits per heavy atom. The van der Waals surface area contributed by atoms with E-state index in [1.807, 2.05) is 30.4 Å². The van der Waals surface area contributed by atoms with Gasteiger partial charge in [0.15, 0.2) is 0 Å². The zero-order chi connectivity index (χ0) is 20.4. The van der Waals surface area contributed by atoms with Gasteiger partial charge in [0.05, 0.1) is 6.10 Å². The largest absolute Gasteiger partial charge is 0.491 e. The van der Waals surface area contributed by atoms with Gasteiger partial charge in [0, 0.05) is 24.7 Å². The van der Waals surface area contributed by atoms with Gasteiger partial charge in [-0.25, -0.2) is 0 Å². The molecule has 2 rings (SSSR count). The van der Waals surface area contributed by atoms with Gasteiger partial charge in [0.2, 0.25) is 0 Å². The monoisotopic (exact) mass is 388 g/mol. The van der Waals surface area contributed by atoms with Crippen LogP contribution in [0.3, 0.4) is 0 Å². The quantitative estimate of drug-likeness (QED) is 0.398. The van der Waals surface area contributed by atoms with Crippen molar-refractivity contribution in [3.8, 4) is 5.75 Å². The van der Waals surface area contributed by atoms with Crippen LogP contribution >= 0.6 is 0 Å². The Kier molecular flexibility index (Phi) is 8.91. The van der Waals surface area contributed by atoms with Crippen LogP contribution in [0.4, 0.5) is 0 Å². The Balaban J connectivity index is 1.82. The highest BCUT2D eigenvalue weighted by Gasteiger charge is 2.39. The molecule has 1 fully saturated rings. The van der Waals surface area contributed by atoms with Crippen LogP contribution < -0.4 is 4.74 Å². The number of carbonyl (C=O) groups is 2. The van der Waals surface area contributed by atoms with E-state index in [-0.39, 0.29) is 31.1 Å². The summed E-state index contributed by atoms with van der Waals surface area (Å²) in [5.74, 6) is -0.866. The first kappa shape index (κ1) is 21.9. The lowest BCUT2D eigenvalue weighted by Crippen LogP contribution is -2.20. The molecule has 28 heavy (non-hydrogen) atoms. The number of hydrogen-bond donors (Lipinski definition) is 3. The first-order chi connectivity index (χ1) is 13.5. The lowest BCUT2D eigenvalue weighted by molar-refractivity contribution is -0.137. The van der Waals surface area contributed by atoms with E-state index < -0.39 is 24.1 Å². The number of carboxylic acids is 1. The number of aliphatic carboxylic acids is 1. The van der Waals surface area contributed by atoms with E-state index in [1.165, 1.54) is 0 Å². The zero-order valence-electron chi connectivity index (χ0n) is 15.8. The Morgan fingerprint density at radius 1 is 1.25 bits per heavy atom.